The van der Waals surface area contributed by atoms with Crippen LogP contribution in [0.3, 0.4) is 0 Å². The lowest BCUT2D eigenvalue weighted by molar-refractivity contribution is -0.154. The van der Waals surface area contributed by atoms with Crippen molar-refractivity contribution < 1.29 is 28.8 Å². The van der Waals surface area contributed by atoms with E-state index in [2.05, 4.69) is 38.7 Å². The minimum Gasteiger partial charge on any atom is -0.459 e. The third kappa shape index (κ3) is 10.7. The van der Waals surface area contributed by atoms with Gasteiger partial charge in [-0.2, -0.15) is 0 Å². The molecule has 0 amide bonds. The monoisotopic (exact) mass is 514 g/mol. The highest BCUT2D eigenvalue weighted by Gasteiger charge is 2.25. The Balaban J connectivity index is 1.70. The molecule has 3 aliphatic rings. The van der Waals surface area contributed by atoms with Gasteiger partial charge in [-0.25, -0.2) is 0 Å². The van der Waals surface area contributed by atoms with E-state index in [1.807, 2.05) is 18.2 Å². The molecule has 0 spiro atoms. The van der Waals surface area contributed by atoms with E-state index in [0.717, 1.165) is 37.7 Å². The van der Waals surface area contributed by atoms with E-state index in [1.54, 1.807) is 13.2 Å². The predicted octanol–water partition coefficient (Wildman–Crippen LogP) is 5.77. The van der Waals surface area contributed by atoms with Gasteiger partial charge in [0.1, 0.15) is 12.2 Å². The van der Waals surface area contributed by atoms with Crippen LogP contribution >= 0.6 is 0 Å². The van der Waals surface area contributed by atoms with Crippen LogP contribution in [0, 0.1) is 5.92 Å². The van der Waals surface area contributed by atoms with Crippen molar-refractivity contribution in [1.82, 2.24) is 0 Å². The molecule has 2 bridgehead atoms. The molecule has 0 aliphatic carbocycles. The molecule has 0 aromatic heterocycles. The molecule has 3 rings (SSSR count). The van der Waals surface area contributed by atoms with Gasteiger partial charge in [0.15, 0.2) is 0 Å². The van der Waals surface area contributed by atoms with Gasteiger partial charge in [-0.05, 0) is 57.8 Å². The molecule has 206 valence electrons. The molecule has 0 aromatic rings. The van der Waals surface area contributed by atoms with Crippen LogP contribution in [0.1, 0.15) is 71.6 Å². The Labute approximate surface area is 223 Å². The number of rotatable bonds is 4. The number of aliphatic hydroxyl groups is 1. The van der Waals surface area contributed by atoms with Gasteiger partial charge in [0, 0.05) is 20.0 Å². The molecular weight excluding hydrogens is 468 g/mol. The maximum absolute atomic E-state index is 12.8. The molecule has 0 saturated heterocycles. The maximum Gasteiger partial charge on any atom is 0.306 e. The minimum atomic E-state index is -0.630. The number of hydrogen-bond acceptors (Lipinski definition) is 6. The largest absolute Gasteiger partial charge is 0.459 e. The number of ether oxygens (including phenoxy) is 4. The average molecular weight is 515 g/mol. The van der Waals surface area contributed by atoms with E-state index in [9.17, 15) is 9.90 Å². The number of aliphatic hydroxyl groups excluding tert-OH is 1. The van der Waals surface area contributed by atoms with Crippen LogP contribution < -0.4 is 0 Å². The molecule has 0 unspecified atom stereocenters. The van der Waals surface area contributed by atoms with E-state index in [1.165, 1.54) is 5.57 Å². The van der Waals surface area contributed by atoms with E-state index in [-0.39, 0.29) is 24.3 Å². The second kappa shape index (κ2) is 15.4. The lowest BCUT2D eigenvalue weighted by Crippen LogP contribution is -2.32. The van der Waals surface area contributed by atoms with Gasteiger partial charge in [-0.3, -0.25) is 4.79 Å². The molecule has 3 heterocycles. The highest BCUT2D eigenvalue weighted by atomic mass is 16.6. The smallest absolute Gasteiger partial charge is 0.306 e. The lowest BCUT2D eigenvalue weighted by Gasteiger charge is -2.28. The zero-order valence-electron chi connectivity index (χ0n) is 22.8. The fourth-order valence-corrected chi connectivity index (χ4v) is 5.30. The number of hydrogen-bond donors (Lipinski definition) is 1. The second-order valence-electron chi connectivity index (χ2n) is 10.8. The quantitative estimate of drug-likeness (QED) is 0.379. The summed E-state index contributed by atoms with van der Waals surface area (Å²) in [6.07, 6.45) is 19.0. The van der Waals surface area contributed by atoms with Gasteiger partial charge in [0.2, 0.25) is 0 Å². The first-order valence-corrected chi connectivity index (χ1v) is 13.8. The molecule has 6 heteroatoms. The van der Waals surface area contributed by atoms with Crippen LogP contribution in [-0.2, 0) is 23.7 Å². The third-order valence-corrected chi connectivity index (χ3v) is 7.22. The van der Waals surface area contributed by atoms with Gasteiger partial charge < -0.3 is 24.1 Å². The van der Waals surface area contributed by atoms with Crippen LogP contribution in [0.15, 0.2) is 60.3 Å². The summed E-state index contributed by atoms with van der Waals surface area (Å²) in [5.41, 5.74) is 2.33. The number of carbonyl (C=O) groups excluding carboxylic acids is 1. The molecular formula is C31H46O6. The Hall–Kier alpha value is -1.99. The molecule has 0 radical (unpaired) electrons. The lowest BCUT2D eigenvalue weighted by atomic mass is 9.91. The summed E-state index contributed by atoms with van der Waals surface area (Å²) in [5.74, 6) is 0.183. The van der Waals surface area contributed by atoms with E-state index in [0.29, 0.717) is 38.2 Å². The standard InChI is InChI=1S/C31H46O6/c1-22-16-17-35-27(20-22)14-15-29(34-4)30-12-5-8-25(32)19-23(2)18-24(3)21-28-11-6-9-26(36-28)10-7-13-31(33)37-30/h5-6,8-9,14-16,24-30,32H,2,7,10-13,17-21H2,1,3-4H3/b8-5+,15-14+/t24-,25+,26-,27+,28-,29-,30-/m0/s1. The number of fused-ring (bicyclic) bond motifs is 2. The summed E-state index contributed by atoms with van der Waals surface area (Å²) in [6, 6.07) is 0. The molecule has 0 saturated carbocycles. The van der Waals surface area contributed by atoms with Crippen molar-refractivity contribution in [2.75, 3.05) is 13.7 Å². The second-order valence-corrected chi connectivity index (χ2v) is 10.8. The number of methoxy groups -OCH3 is 1. The van der Waals surface area contributed by atoms with E-state index >= 15 is 0 Å². The summed E-state index contributed by atoms with van der Waals surface area (Å²) >= 11 is 0. The van der Waals surface area contributed by atoms with Crippen LogP contribution in [0.5, 0.6) is 0 Å². The van der Waals surface area contributed by atoms with Crippen molar-refractivity contribution >= 4 is 5.97 Å². The van der Waals surface area contributed by atoms with Crippen molar-refractivity contribution in [1.29, 1.82) is 0 Å². The first kappa shape index (κ1) is 29.6. The highest BCUT2D eigenvalue weighted by Crippen LogP contribution is 2.26. The molecule has 7 atom stereocenters. The van der Waals surface area contributed by atoms with Crippen molar-refractivity contribution in [2.24, 2.45) is 5.92 Å². The normalized spacial score (nSPS) is 34.8. The summed E-state index contributed by atoms with van der Waals surface area (Å²) in [4.78, 5) is 12.8. The molecule has 3 aliphatic heterocycles. The number of carbonyl (C=O) groups is 1. The maximum atomic E-state index is 12.8. The van der Waals surface area contributed by atoms with Crippen molar-refractivity contribution in [3.8, 4) is 0 Å². The third-order valence-electron chi connectivity index (χ3n) is 7.22. The summed E-state index contributed by atoms with van der Waals surface area (Å²) < 4.78 is 23.7. The molecule has 6 nitrogen and oxygen atoms in total. The first-order valence-electron chi connectivity index (χ1n) is 13.8. The molecule has 37 heavy (non-hydrogen) atoms. The van der Waals surface area contributed by atoms with Gasteiger partial charge >= 0.3 is 5.97 Å². The Kier molecular flexibility index (Phi) is 12.3. The topological polar surface area (TPSA) is 74.2 Å². The minimum absolute atomic E-state index is 0.0179. The van der Waals surface area contributed by atoms with E-state index < -0.39 is 18.3 Å². The average Bonchev–Trinajstić information content (AvgIpc) is 2.83. The van der Waals surface area contributed by atoms with Crippen LogP contribution in [-0.4, -0.2) is 61.4 Å². The fraction of sp³-hybridized carbons (Fsp3) is 0.645. The van der Waals surface area contributed by atoms with Crippen LogP contribution in [0.25, 0.3) is 0 Å². The first-order chi connectivity index (χ1) is 17.8. The van der Waals surface area contributed by atoms with Gasteiger partial charge in [-0.15, -0.1) is 0 Å². The van der Waals surface area contributed by atoms with Crippen molar-refractivity contribution in [3.63, 3.8) is 0 Å². The Morgan fingerprint density at radius 3 is 2.78 bits per heavy atom. The predicted molar refractivity (Wildman–Crippen MR) is 146 cm³/mol. The number of esters is 1. The SMILES string of the molecule is C=C1C[C@H](C)C[C@@H]2CC=C[C@@H](CCCC(=O)O[C@H]([C@H](/C=C/[C@@H]3CC(C)=CCO3)OC)C/C=C/[C@@H](O)C1)O2. The van der Waals surface area contributed by atoms with Crippen LogP contribution in [0.2, 0.25) is 0 Å². The molecule has 0 aromatic carbocycles. The van der Waals surface area contributed by atoms with Crippen molar-refractivity contribution in [3.05, 3.63) is 60.3 Å². The van der Waals surface area contributed by atoms with Gasteiger partial charge in [0.05, 0.1) is 31.0 Å². The van der Waals surface area contributed by atoms with Crippen molar-refractivity contribution in [2.45, 2.75) is 108 Å². The molecule has 1 N–H and O–H groups in total. The summed E-state index contributed by atoms with van der Waals surface area (Å²) in [7, 11) is 1.62. The van der Waals surface area contributed by atoms with E-state index in [4.69, 9.17) is 18.9 Å². The Morgan fingerprint density at radius 2 is 2.00 bits per heavy atom. The summed E-state index contributed by atoms with van der Waals surface area (Å²) in [6.45, 7) is 9.12. The van der Waals surface area contributed by atoms with Crippen LogP contribution in [0.4, 0.5) is 0 Å². The summed E-state index contributed by atoms with van der Waals surface area (Å²) in [5, 5.41) is 10.6. The fourth-order valence-electron chi connectivity index (χ4n) is 5.30. The Morgan fingerprint density at radius 1 is 1.19 bits per heavy atom. The zero-order valence-corrected chi connectivity index (χ0v) is 22.8. The zero-order chi connectivity index (χ0) is 26.6. The Bertz CT molecular complexity index is 856. The molecule has 0 fully saturated rings. The van der Waals surface area contributed by atoms with Gasteiger partial charge in [-0.1, -0.05) is 67.2 Å². The highest BCUT2D eigenvalue weighted by molar-refractivity contribution is 5.69. The van der Waals surface area contributed by atoms with Gasteiger partial charge in [0.25, 0.3) is 0 Å². The number of cyclic esters (lactones) is 1.